The van der Waals surface area contributed by atoms with Crippen molar-refractivity contribution >= 4 is 39.5 Å². The topological polar surface area (TPSA) is 237 Å². The first-order valence-electron chi connectivity index (χ1n) is 43.3. The number of unbranched alkanes of at least 4 members (excludes halogenated alkanes) is 58. The molecule has 0 radical (unpaired) electrons. The molecule has 0 aromatic rings. The average molecular weight is 1490 g/mol. The van der Waals surface area contributed by atoms with Gasteiger partial charge in [0.15, 0.2) is 12.2 Å². The second-order valence-electron chi connectivity index (χ2n) is 29.9. The van der Waals surface area contributed by atoms with E-state index in [1.807, 2.05) is 0 Å². The van der Waals surface area contributed by atoms with Crippen LogP contribution in [0.4, 0.5) is 0 Å². The fourth-order valence-corrected chi connectivity index (χ4v) is 14.6. The van der Waals surface area contributed by atoms with Crippen LogP contribution in [0.1, 0.15) is 451 Å². The number of carbonyl (C=O) groups is 4. The van der Waals surface area contributed by atoms with E-state index in [4.69, 9.17) is 37.0 Å². The van der Waals surface area contributed by atoms with E-state index in [1.54, 1.807) is 0 Å². The maximum absolute atomic E-state index is 13.1. The lowest BCUT2D eigenvalue weighted by Gasteiger charge is -2.21. The van der Waals surface area contributed by atoms with Crippen molar-refractivity contribution in [2.45, 2.75) is 470 Å². The number of carbonyl (C=O) groups excluding carboxylic acids is 4. The molecule has 0 fully saturated rings. The molecule has 0 amide bonds. The van der Waals surface area contributed by atoms with Crippen LogP contribution in [0.15, 0.2) is 0 Å². The molecule has 0 aliphatic carbocycles. The number of aliphatic hydroxyl groups is 1. The number of phosphoric ester groups is 2. The highest BCUT2D eigenvalue weighted by Gasteiger charge is 2.30. The lowest BCUT2D eigenvalue weighted by molar-refractivity contribution is -0.161. The summed E-state index contributed by atoms with van der Waals surface area (Å²) in [6, 6.07) is 0. The Balaban J connectivity index is 5.25. The molecule has 0 aliphatic rings. The Morgan fingerprint density at radius 1 is 0.235 bits per heavy atom. The van der Waals surface area contributed by atoms with E-state index < -0.39 is 97.5 Å². The number of hydrogen-bond donors (Lipinski definition) is 3. The first-order chi connectivity index (χ1) is 49.7. The smallest absolute Gasteiger partial charge is 0.462 e. The Morgan fingerprint density at radius 2 is 0.392 bits per heavy atom. The molecule has 0 spiro atoms. The van der Waals surface area contributed by atoms with Gasteiger partial charge >= 0.3 is 39.5 Å². The third-order valence-electron chi connectivity index (χ3n) is 19.6. The standard InChI is InChI=1S/C83H162O17P2/c1-5-9-13-17-21-25-29-33-35-37-38-40-42-46-50-54-58-62-66-70-83(88)100-79(74-94-81(86)68-64-60-56-52-48-45-41-39-36-34-30-26-22-18-14-10-6-2)76-98-102(91,92)96-72-77(84)71-95-101(89,90)97-75-78(99-82(87)69-65-61-57-53-49-44-32-28-24-20-16-12-8-4)73-93-80(85)67-63-59-55-51-47-43-31-27-23-19-15-11-7-3/h77-79,84H,5-76H2,1-4H3,(H,89,90)(H,91,92)/t77?,78-,79-/m1/s1. The van der Waals surface area contributed by atoms with Crippen LogP contribution in [0.2, 0.25) is 0 Å². The predicted octanol–water partition coefficient (Wildman–Crippen LogP) is 25.4. The van der Waals surface area contributed by atoms with Crippen molar-refractivity contribution in [1.29, 1.82) is 0 Å². The van der Waals surface area contributed by atoms with E-state index in [1.165, 1.54) is 283 Å². The van der Waals surface area contributed by atoms with Gasteiger partial charge in [-0.3, -0.25) is 37.3 Å². The van der Waals surface area contributed by atoms with Crippen molar-refractivity contribution in [1.82, 2.24) is 0 Å². The van der Waals surface area contributed by atoms with E-state index >= 15 is 0 Å². The Kier molecular flexibility index (Phi) is 75.8. The number of ether oxygens (including phenoxy) is 4. The van der Waals surface area contributed by atoms with E-state index in [0.29, 0.717) is 25.7 Å². The number of phosphoric acid groups is 2. The van der Waals surface area contributed by atoms with Gasteiger partial charge in [-0.05, 0) is 25.7 Å². The lowest BCUT2D eigenvalue weighted by Crippen LogP contribution is -2.30. The molecule has 3 unspecified atom stereocenters. The van der Waals surface area contributed by atoms with E-state index in [-0.39, 0.29) is 25.7 Å². The number of rotatable bonds is 84. The minimum absolute atomic E-state index is 0.109. The van der Waals surface area contributed by atoms with Crippen LogP contribution in [0.25, 0.3) is 0 Å². The van der Waals surface area contributed by atoms with Gasteiger partial charge in [-0.1, -0.05) is 400 Å². The van der Waals surface area contributed by atoms with Crippen molar-refractivity contribution in [3.63, 3.8) is 0 Å². The molecule has 0 aromatic heterocycles. The van der Waals surface area contributed by atoms with Crippen LogP contribution < -0.4 is 0 Å². The van der Waals surface area contributed by atoms with Crippen LogP contribution >= 0.6 is 15.6 Å². The third-order valence-corrected chi connectivity index (χ3v) is 21.5. The minimum Gasteiger partial charge on any atom is -0.462 e. The Bertz CT molecular complexity index is 1930. The van der Waals surface area contributed by atoms with Gasteiger partial charge in [0.05, 0.1) is 26.4 Å². The molecule has 606 valence electrons. The molecule has 0 aliphatic heterocycles. The molecule has 102 heavy (non-hydrogen) atoms. The van der Waals surface area contributed by atoms with Crippen LogP contribution in [-0.2, 0) is 65.4 Å². The summed E-state index contributed by atoms with van der Waals surface area (Å²) in [5.41, 5.74) is 0. The van der Waals surface area contributed by atoms with Gasteiger partial charge in [0.25, 0.3) is 0 Å². The summed E-state index contributed by atoms with van der Waals surface area (Å²) in [6.07, 6.45) is 70.6. The second-order valence-corrected chi connectivity index (χ2v) is 32.8. The third kappa shape index (κ3) is 76.3. The number of hydrogen-bond acceptors (Lipinski definition) is 15. The van der Waals surface area contributed by atoms with Gasteiger partial charge in [0.2, 0.25) is 0 Å². The van der Waals surface area contributed by atoms with Gasteiger partial charge < -0.3 is 33.8 Å². The minimum atomic E-state index is -4.96. The van der Waals surface area contributed by atoms with E-state index in [2.05, 4.69) is 27.7 Å². The first-order valence-corrected chi connectivity index (χ1v) is 46.3. The van der Waals surface area contributed by atoms with Crippen molar-refractivity contribution in [2.24, 2.45) is 0 Å². The SMILES string of the molecule is CCCCCCCCCCCCCCCCCCCCCC(=O)O[C@H](COC(=O)CCCCCCCCCCCCCCCCCCC)COP(=O)(O)OCC(O)COP(=O)(O)OC[C@@H](COC(=O)CCCCCCCCCCCCCCC)OC(=O)CCCCCCCCCCCCCCC. The fourth-order valence-electron chi connectivity index (χ4n) is 13.0. The van der Waals surface area contributed by atoms with Gasteiger partial charge in [-0.15, -0.1) is 0 Å². The predicted molar refractivity (Wildman–Crippen MR) is 419 cm³/mol. The van der Waals surface area contributed by atoms with Crippen LogP contribution in [-0.4, -0.2) is 96.7 Å². The maximum Gasteiger partial charge on any atom is 0.472 e. The van der Waals surface area contributed by atoms with Crippen molar-refractivity contribution in [2.75, 3.05) is 39.6 Å². The van der Waals surface area contributed by atoms with Crippen LogP contribution in [0, 0.1) is 0 Å². The monoisotopic (exact) mass is 1490 g/mol. The Hall–Kier alpha value is -1.94. The molecule has 0 rings (SSSR count). The quantitative estimate of drug-likeness (QED) is 0.0222. The summed E-state index contributed by atoms with van der Waals surface area (Å²) in [5, 5.41) is 10.7. The number of esters is 4. The highest BCUT2D eigenvalue weighted by molar-refractivity contribution is 7.47. The van der Waals surface area contributed by atoms with E-state index in [9.17, 15) is 43.2 Å². The Morgan fingerprint density at radius 3 is 0.578 bits per heavy atom. The van der Waals surface area contributed by atoms with E-state index in [0.717, 1.165) is 89.9 Å². The summed E-state index contributed by atoms with van der Waals surface area (Å²) < 4.78 is 68.8. The van der Waals surface area contributed by atoms with Crippen LogP contribution in [0.3, 0.4) is 0 Å². The van der Waals surface area contributed by atoms with Crippen molar-refractivity contribution < 1.29 is 80.2 Å². The molecular weight excluding hydrogens is 1330 g/mol. The molecule has 17 nitrogen and oxygen atoms in total. The molecule has 19 heteroatoms. The first kappa shape index (κ1) is 100. The zero-order chi connectivity index (χ0) is 74.6. The van der Waals surface area contributed by atoms with Gasteiger partial charge in [0, 0.05) is 25.7 Å². The molecule has 5 atom stereocenters. The van der Waals surface area contributed by atoms with Gasteiger partial charge in [-0.25, -0.2) is 9.13 Å². The zero-order valence-corrected chi connectivity index (χ0v) is 68.4. The molecule has 0 bridgehead atoms. The van der Waals surface area contributed by atoms with Crippen molar-refractivity contribution in [3.8, 4) is 0 Å². The van der Waals surface area contributed by atoms with Gasteiger partial charge in [0.1, 0.15) is 19.3 Å². The largest absolute Gasteiger partial charge is 0.472 e. The zero-order valence-electron chi connectivity index (χ0n) is 66.6. The maximum atomic E-state index is 13.1. The summed E-state index contributed by atoms with van der Waals surface area (Å²) in [4.78, 5) is 73.1. The average Bonchev–Trinajstić information content (AvgIpc) is 0.907. The molecular formula is C83H162O17P2. The summed E-state index contributed by atoms with van der Waals surface area (Å²) >= 11 is 0. The fraction of sp³-hybridized carbons (Fsp3) is 0.952. The Labute approximate surface area is 626 Å². The molecule has 0 saturated heterocycles. The van der Waals surface area contributed by atoms with Crippen molar-refractivity contribution in [3.05, 3.63) is 0 Å². The highest BCUT2D eigenvalue weighted by Crippen LogP contribution is 2.45. The van der Waals surface area contributed by atoms with Crippen LogP contribution in [0.5, 0.6) is 0 Å². The molecule has 0 heterocycles. The molecule has 0 aromatic carbocycles. The summed E-state index contributed by atoms with van der Waals surface area (Å²) in [5.74, 6) is -2.10. The molecule has 3 N–H and O–H groups in total. The summed E-state index contributed by atoms with van der Waals surface area (Å²) in [7, 11) is -9.92. The highest BCUT2D eigenvalue weighted by atomic mass is 31.2. The number of aliphatic hydroxyl groups excluding tert-OH is 1. The normalized spacial score (nSPS) is 13.8. The second kappa shape index (κ2) is 77.2. The molecule has 0 saturated carbocycles. The lowest BCUT2D eigenvalue weighted by atomic mass is 10.0. The van der Waals surface area contributed by atoms with Gasteiger partial charge in [-0.2, -0.15) is 0 Å². The summed E-state index contributed by atoms with van der Waals surface area (Å²) in [6.45, 7) is 5.05.